The summed E-state index contributed by atoms with van der Waals surface area (Å²) in [6.07, 6.45) is 3.09. The molecule has 1 rings (SSSR count). The monoisotopic (exact) mass is 243 g/mol. The number of hydrogen-bond acceptors (Lipinski definition) is 4. The van der Waals surface area contributed by atoms with Gasteiger partial charge in [0.05, 0.1) is 13.7 Å². The van der Waals surface area contributed by atoms with E-state index in [1.807, 2.05) is 0 Å². The van der Waals surface area contributed by atoms with Gasteiger partial charge in [0.2, 0.25) is 0 Å². The van der Waals surface area contributed by atoms with Crippen molar-refractivity contribution >= 4 is 5.97 Å². The minimum atomic E-state index is -0.107. The molecule has 0 aromatic carbocycles. The first-order valence-electron chi connectivity index (χ1n) is 6.54. The van der Waals surface area contributed by atoms with Crippen molar-refractivity contribution in [2.75, 3.05) is 33.4 Å². The largest absolute Gasteiger partial charge is 0.468 e. The van der Waals surface area contributed by atoms with E-state index in [9.17, 15) is 4.79 Å². The first-order chi connectivity index (χ1) is 8.15. The van der Waals surface area contributed by atoms with E-state index >= 15 is 0 Å². The Morgan fingerprint density at radius 2 is 2.18 bits per heavy atom. The number of nitrogens with zero attached hydrogens (tertiary/aromatic N) is 1. The second kappa shape index (κ2) is 7.67. The van der Waals surface area contributed by atoms with E-state index in [0.717, 1.165) is 39.0 Å². The number of esters is 1. The molecule has 0 saturated carbocycles. The average Bonchev–Trinajstić information content (AvgIpc) is 2.75. The lowest BCUT2D eigenvalue weighted by molar-refractivity contribution is -0.146. The van der Waals surface area contributed by atoms with E-state index < -0.39 is 0 Å². The smallest absolute Gasteiger partial charge is 0.323 e. The van der Waals surface area contributed by atoms with Gasteiger partial charge in [0.1, 0.15) is 6.04 Å². The molecule has 4 nitrogen and oxygen atoms in total. The number of likely N-dealkylation sites (tertiary alicyclic amines) is 1. The Bertz CT molecular complexity index is 231. The van der Waals surface area contributed by atoms with Crippen LogP contribution in [0.4, 0.5) is 0 Å². The lowest BCUT2D eigenvalue weighted by Gasteiger charge is -2.22. The fourth-order valence-electron chi connectivity index (χ4n) is 2.10. The van der Waals surface area contributed by atoms with Crippen LogP contribution < -0.4 is 0 Å². The number of methoxy groups -OCH3 is 1. The van der Waals surface area contributed by atoms with Crippen LogP contribution in [0.3, 0.4) is 0 Å². The number of carbonyl (C=O) groups excluding carboxylic acids is 1. The third kappa shape index (κ3) is 5.04. The zero-order chi connectivity index (χ0) is 12.7. The van der Waals surface area contributed by atoms with Gasteiger partial charge < -0.3 is 9.47 Å². The van der Waals surface area contributed by atoms with Crippen molar-refractivity contribution in [3.63, 3.8) is 0 Å². The van der Waals surface area contributed by atoms with Crippen LogP contribution in [0.15, 0.2) is 0 Å². The zero-order valence-electron chi connectivity index (χ0n) is 11.3. The first-order valence-corrected chi connectivity index (χ1v) is 6.54. The molecule has 1 aliphatic heterocycles. The maximum atomic E-state index is 11.5. The molecular formula is C13H25NO3. The Morgan fingerprint density at radius 3 is 2.82 bits per heavy atom. The highest BCUT2D eigenvalue weighted by molar-refractivity contribution is 5.75. The SMILES string of the molecule is COC(=O)C1CCCN1CCOCCC(C)C. The van der Waals surface area contributed by atoms with E-state index in [2.05, 4.69) is 18.7 Å². The Morgan fingerprint density at radius 1 is 1.41 bits per heavy atom. The lowest BCUT2D eigenvalue weighted by Crippen LogP contribution is -2.38. The summed E-state index contributed by atoms with van der Waals surface area (Å²) >= 11 is 0. The Balaban J connectivity index is 2.15. The van der Waals surface area contributed by atoms with Gasteiger partial charge in [0.15, 0.2) is 0 Å². The van der Waals surface area contributed by atoms with Gasteiger partial charge in [-0.25, -0.2) is 0 Å². The standard InChI is InChI=1S/C13H25NO3/c1-11(2)6-9-17-10-8-14-7-4-5-12(14)13(15)16-3/h11-12H,4-10H2,1-3H3. The molecule has 0 aromatic heterocycles. The van der Waals surface area contributed by atoms with Gasteiger partial charge in [0.25, 0.3) is 0 Å². The summed E-state index contributed by atoms with van der Waals surface area (Å²) in [7, 11) is 1.46. The molecule has 1 saturated heterocycles. The normalized spacial score (nSPS) is 21.1. The van der Waals surface area contributed by atoms with E-state index in [4.69, 9.17) is 9.47 Å². The maximum absolute atomic E-state index is 11.5. The lowest BCUT2D eigenvalue weighted by atomic mass is 10.1. The van der Waals surface area contributed by atoms with Gasteiger partial charge in [-0.05, 0) is 31.7 Å². The summed E-state index contributed by atoms with van der Waals surface area (Å²) < 4.78 is 10.4. The van der Waals surface area contributed by atoms with Crippen LogP contribution in [0, 0.1) is 5.92 Å². The van der Waals surface area contributed by atoms with Crippen LogP contribution in [-0.4, -0.2) is 50.3 Å². The van der Waals surface area contributed by atoms with Crippen molar-refractivity contribution < 1.29 is 14.3 Å². The first kappa shape index (κ1) is 14.5. The third-order valence-electron chi connectivity index (χ3n) is 3.20. The minimum absolute atomic E-state index is 0.0475. The molecule has 0 bridgehead atoms. The Hall–Kier alpha value is -0.610. The topological polar surface area (TPSA) is 38.8 Å². The van der Waals surface area contributed by atoms with E-state index in [0.29, 0.717) is 12.5 Å². The van der Waals surface area contributed by atoms with E-state index in [1.54, 1.807) is 0 Å². The summed E-state index contributed by atoms with van der Waals surface area (Å²) in [4.78, 5) is 13.7. The molecule has 0 amide bonds. The second-order valence-electron chi connectivity index (χ2n) is 5.01. The predicted octanol–water partition coefficient (Wildman–Crippen LogP) is 1.69. The third-order valence-corrected chi connectivity index (χ3v) is 3.20. The maximum Gasteiger partial charge on any atom is 0.323 e. The highest BCUT2D eigenvalue weighted by Crippen LogP contribution is 2.17. The highest BCUT2D eigenvalue weighted by atomic mass is 16.5. The summed E-state index contributed by atoms with van der Waals surface area (Å²) in [5.41, 5.74) is 0. The van der Waals surface area contributed by atoms with Gasteiger partial charge in [0, 0.05) is 13.2 Å². The summed E-state index contributed by atoms with van der Waals surface area (Å²) in [5.74, 6) is 0.578. The molecule has 1 fully saturated rings. The van der Waals surface area contributed by atoms with Crippen molar-refractivity contribution in [2.24, 2.45) is 5.92 Å². The molecule has 0 aliphatic carbocycles. The molecule has 4 heteroatoms. The van der Waals surface area contributed by atoms with Crippen LogP contribution in [0.1, 0.15) is 33.1 Å². The fraction of sp³-hybridized carbons (Fsp3) is 0.923. The molecule has 1 heterocycles. The minimum Gasteiger partial charge on any atom is -0.468 e. The van der Waals surface area contributed by atoms with Crippen LogP contribution >= 0.6 is 0 Å². The molecule has 1 atom stereocenters. The summed E-state index contributed by atoms with van der Waals surface area (Å²) in [6.45, 7) is 7.72. The van der Waals surface area contributed by atoms with Crippen LogP contribution in [-0.2, 0) is 14.3 Å². The van der Waals surface area contributed by atoms with Gasteiger partial charge in [-0.15, -0.1) is 0 Å². The van der Waals surface area contributed by atoms with Crippen LogP contribution in [0.5, 0.6) is 0 Å². The molecule has 1 aliphatic rings. The molecule has 100 valence electrons. The van der Waals surface area contributed by atoms with Crippen molar-refractivity contribution in [3.05, 3.63) is 0 Å². The van der Waals surface area contributed by atoms with Crippen molar-refractivity contribution in [1.82, 2.24) is 4.90 Å². The average molecular weight is 243 g/mol. The molecular weight excluding hydrogens is 218 g/mol. The quantitative estimate of drug-likeness (QED) is 0.504. The van der Waals surface area contributed by atoms with E-state index in [1.165, 1.54) is 7.11 Å². The Labute approximate surface area is 104 Å². The fourth-order valence-corrected chi connectivity index (χ4v) is 2.10. The number of ether oxygens (including phenoxy) is 2. The molecule has 17 heavy (non-hydrogen) atoms. The van der Waals surface area contributed by atoms with Crippen molar-refractivity contribution in [1.29, 1.82) is 0 Å². The van der Waals surface area contributed by atoms with Gasteiger partial charge in [-0.3, -0.25) is 9.69 Å². The van der Waals surface area contributed by atoms with Crippen molar-refractivity contribution in [2.45, 2.75) is 39.2 Å². The van der Waals surface area contributed by atoms with Crippen LogP contribution in [0.2, 0.25) is 0 Å². The molecule has 1 unspecified atom stereocenters. The zero-order valence-corrected chi connectivity index (χ0v) is 11.3. The molecule has 0 radical (unpaired) electrons. The predicted molar refractivity (Wildman–Crippen MR) is 66.9 cm³/mol. The van der Waals surface area contributed by atoms with Gasteiger partial charge in [-0.2, -0.15) is 0 Å². The molecule has 0 spiro atoms. The van der Waals surface area contributed by atoms with E-state index in [-0.39, 0.29) is 12.0 Å². The highest BCUT2D eigenvalue weighted by Gasteiger charge is 2.30. The van der Waals surface area contributed by atoms with Gasteiger partial charge >= 0.3 is 5.97 Å². The number of rotatable bonds is 7. The van der Waals surface area contributed by atoms with Crippen molar-refractivity contribution in [3.8, 4) is 0 Å². The van der Waals surface area contributed by atoms with Crippen LogP contribution in [0.25, 0.3) is 0 Å². The molecule has 0 N–H and O–H groups in total. The Kier molecular flexibility index (Phi) is 6.52. The molecule has 0 aromatic rings. The number of hydrogen-bond donors (Lipinski definition) is 0. The second-order valence-corrected chi connectivity index (χ2v) is 5.01. The van der Waals surface area contributed by atoms with Gasteiger partial charge in [-0.1, -0.05) is 13.8 Å². The summed E-state index contributed by atoms with van der Waals surface area (Å²) in [6, 6.07) is -0.0475. The summed E-state index contributed by atoms with van der Waals surface area (Å²) in [5, 5.41) is 0. The number of carbonyl (C=O) groups is 1.